The van der Waals surface area contributed by atoms with Crippen molar-refractivity contribution in [1.29, 1.82) is 0 Å². The van der Waals surface area contributed by atoms with Crippen LogP contribution in [0, 0.1) is 5.41 Å². The van der Waals surface area contributed by atoms with Crippen LogP contribution in [0.1, 0.15) is 39.5 Å². The van der Waals surface area contributed by atoms with Crippen LogP contribution in [0.5, 0.6) is 0 Å². The van der Waals surface area contributed by atoms with Crippen molar-refractivity contribution < 1.29 is 8.42 Å². The molecule has 4 nitrogen and oxygen atoms in total. The summed E-state index contributed by atoms with van der Waals surface area (Å²) in [6.07, 6.45) is 4.20. The van der Waals surface area contributed by atoms with E-state index in [9.17, 15) is 8.42 Å². The summed E-state index contributed by atoms with van der Waals surface area (Å²) in [4.78, 5) is 0.411. The van der Waals surface area contributed by atoms with E-state index in [4.69, 9.17) is 0 Å². The largest absolute Gasteiger partial charge is 0.317 e. The second-order valence-corrected chi connectivity index (χ2v) is 9.25. The molecule has 3 rings (SSSR count). The summed E-state index contributed by atoms with van der Waals surface area (Å²) >= 11 is 0. The third-order valence-corrected chi connectivity index (χ3v) is 7.49. The first kappa shape index (κ1) is 16.0. The van der Waals surface area contributed by atoms with Gasteiger partial charge in [-0.1, -0.05) is 18.2 Å². The third-order valence-electron chi connectivity index (χ3n) is 5.42. The lowest BCUT2D eigenvalue weighted by molar-refractivity contribution is 0.0348. The number of nitrogens with one attached hydrogen (secondary N) is 1. The molecule has 2 aliphatic heterocycles. The molecule has 1 spiro atoms. The van der Waals surface area contributed by atoms with E-state index in [0.717, 1.165) is 38.8 Å². The lowest BCUT2D eigenvalue weighted by atomic mass is 9.70. The van der Waals surface area contributed by atoms with Gasteiger partial charge in [-0.05, 0) is 70.2 Å². The summed E-state index contributed by atoms with van der Waals surface area (Å²) in [5.41, 5.74) is -0.159. The van der Waals surface area contributed by atoms with Crippen molar-refractivity contribution >= 4 is 10.0 Å². The Morgan fingerprint density at radius 2 is 1.64 bits per heavy atom. The zero-order valence-corrected chi connectivity index (χ0v) is 14.3. The molecular weight excluding hydrogens is 296 g/mol. The minimum Gasteiger partial charge on any atom is -0.317 e. The maximum atomic E-state index is 13.1. The highest BCUT2D eigenvalue weighted by Gasteiger charge is 2.48. The fourth-order valence-electron chi connectivity index (χ4n) is 3.79. The lowest BCUT2D eigenvalue weighted by Crippen LogP contribution is -2.58. The van der Waals surface area contributed by atoms with E-state index in [2.05, 4.69) is 19.2 Å². The first-order valence-electron chi connectivity index (χ1n) is 8.15. The van der Waals surface area contributed by atoms with Crippen LogP contribution in [0.25, 0.3) is 0 Å². The summed E-state index contributed by atoms with van der Waals surface area (Å²) in [6, 6.07) is 8.85. The van der Waals surface area contributed by atoms with Crippen molar-refractivity contribution in [2.75, 3.05) is 19.6 Å². The smallest absolute Gasteiger partial charge is 0.243 e. The van der Waals surface area contributed by atoms with Gasteiger partial charge in [0.05, 0.1) is 4.90 Å². The van der Waals surface area contributed by atoms with E-state index < -0.39 is 10.0 Å². The summed E-state index contributed by atoms with van der Waals surface area (Å²) in [5.74, 6) is 0. The number of piperidine rings is 2. The van der Waals surface area contributed by atoms with Crippen molar-refractivity contribution in [2.45, 2.75) is 50.0 Å². The average molecular weight is 322 g/mol. The Morgan fingerprint density at radius 3 is 2.27 bits per heavy atom. The molecule has 0 aliphatic carbocycles. The Kier molecular flexibility index (Phi) is 4.08. The van der Waals surface area contributed by atoms with Crippen LogP contribution in [-0.2, 0) is 10.0 Å². The molecule has 0 radical (unpaired) electrons. The monoisotopic (exact) mass is 322 g/mol. The minimum atomic E-state index is -3.43. The second-order valence-electron chi connectivity index (χ2n) is 7.39. The van der Waals surface area contributed by atoms with Gasteiger partial charge in [0.2, 0.25) is 10.0 Å². The Bertz CT molecular complexity index is 619. The zero-order chi connectivity index (χ0) is 15.8. The maximum Gasteiger partial charge on any atom is 0.243 e. The first-order valence-corrected chi connectivity index (χ1v) is 9.59. The van der Waals surface area contributed by atoms with E-state index in [1.165, 1.54) is 0 Å². The molecule has 1 aromatic rings. The molecule has 0 bridgehead atoms. The van der Waals surface area contributed by atoms with Crippen molar-refractivity contribution in [3.05, 3.63) is 30.3 Å². The van der Waals surface area contributed by atoms with Crippen LogP contribution in [0.3, 0.4) is 0 Å². The zero-order valence-electron chi connectivity index (χ0n) is 13.5. The number of hydrogen-bond acceptors (Lipinski definition) is 3. The molecule has 2 fully saturated rings. The lowest BCUT2D eigenvalue weighted by Gasteiger charge is -2.51. The predicted molar refractivity (Wildman–Crippen MR) is 88.2 cm³/mol. The van der Waals surface area contributed by atoms with Crippen LogP contribution in [0.15, 0.2) is 35.2 Å². The Balaban J connectivity index is 1.95. The van der Waals surface area contributed by atoms with E-state index in [0.29, 0.717) is 11.4 Å². The summed E-state index contributed by atoms with van der Waals surface area (Å²) in [6.45, 7) is 6.76. The number of rotatable bonds is 2. The van der Waals surface area contributed by atoms with Crippen molar-refractivity contribution in [1.82, 2.24) is 9.62 Å². The van der Waals surface area contributed by atoms with E-state index in [-0.39, 0.29) is 11.0 Å². The average Bonchev–Trinajstić information content (AvgIpc) is 2.52. The molecule has 1 aromatic carbocycles. The molecule has 22 heavy (non-hydrogen) atoms. The number of nitrogens with zero attached hydrogens (tertiary/aromatic N) is 1. The van der Waals surface area contributed by atoms with Gasteiger partial charge < -0.3 is 5.32 Å². The molecule has 0 saturated carbocycles. The van der Waals surface area contributed by atoms with Gasteiger partial charge in [0, 0.05) is 12.1 Å². The van der Waals surface area contributed by atoms with Gasteiger partial charge in [0.15, 0.2) is 0 Å². The van der Waals surface area contributed by atoms with Crippen LogP contribution < -0.4 is 5.32 Å². The molecule has 2 saturated heterocycles. The number of hydrogen-bond donors (Lipinski definition) is 1. The van der Waals surface area contributed by atoms with E-state index in [1.54, 1.807) is 28.6 Å². The predicted octanol–water partition coefficient (Wildman–Crippen LogP) is 2.62. The van der Waals surface area contributed by atoms with Crippen LogP contribution >= 0.6 is 0 Å². The van der Waals surface area contributed by atoms with Crippen molar-refractivity contribution in [2.24, 2.45) is 5.41 Å². The molecule has 0 aromatic heterocycles. The molecule has 2 aliphatic rings. The van der Waals surface area contributed by atoms with Crippen LogP contribution in [0.4, 0.5) is 0 Å². The Labute approximate surface area is 134 Å². The first-order chi connectivity index (χ1) is 10.4. The molecule has 0 unspecified atom stereocenters. The fourth-order valence-corrected chi connectivity index (χ4v) is 5.73. The highest BCUT2D eigenvalue weighted by Crippen LogP contribution is 2.45. The summed E-state index contributed by atoms with van der Waals surface area (Å²) in [5, 5.41) is 3.39. The second kappa shape index (κ2) is 5.62. The van der Waals surface area contributed by atoms with Gasteiger partial charge in [0.1, 0.15) is 0 Å². The normalized spacial score (nSPS) is 25.2. The highest BCUT2D eigenvalue weighted by atomic mass is 32.2. The third kappa shape index (κ3) is 2.82. The van der Waals surface area contributed by atoms with E-state index >= 15 is 0 Å². The molecule has 0 amide bonds. The molecular formula is C17H26N2O2S. The SMILES string of the molecule is CC1(C)CCC2(CCNCC2)CN1S(=O)(=O)c1ccccc1. The van der Waals surface area contributed by atoms with Gasteiger partial charge in [0.25, 0.3) is 0 Å². The summed E-state index contributed by atoms with van der Waals surface area (Å²) in [7, 11) is -3.43. The van der Waals surface area contributed by atoms with Gasteiger partial charge in [-0.3, -0.25) is 0 Å². The standard InChI is InChI=1S/C17H26N2O2S/c1-16(2)8-9-17(10-12-18-13-11-17)14-19(16)22(20,21)15-6-4-3-5-7-15/h3-7,18H,8-14H2,1-2H3. The van der Waals surface area contributed by atoms with Crippen molar-refractivity contribution in [3.8, 4) is 0 Å². The summed E-state index contributed by atoms with van der Waals surface area (Å²) < 4.78 is 28.0. The molecule has 2 heterocycles. The topological polar surface area (TPSA) is 49.4 Å². The minimum absolute atomic E-state index is 0.155. The molecule has 0 atom stereocenters. The Hall–Kier alpha value is -0.910. The quantitative estimate of drug-likeness (QED) is 0.910. The number of benzene rings is 1. The van der Waals surface area contributed by atoms with Gasteiger partial charge in [-0.25, -0.2) is 8.42 Å². The molecule has 1 N–H and O–H groups in total. The Morgan fingerprint density at radius 1 is 1.00 bits per heavy atom. The fraction of sp³-hybridized carbons (Fsp3) is 0.647. The van der Waals surface area contributed by atoms with Crippen molar-refractivity contribution in [3.63, 3.8) is 0 Å². The van der Waals surface area contributed by atoms with Crippen LogP contribution in [-0.4, -0.2) is 37.9 Å². The molecule has 122 valence electrons. The van der Waals surface area contributed by atoms with Crippen LogP contribution in [0.2, 0.25) is 0 Å². The van der Waals surface area contributed by atoms with Gasteiger partial charge in [-0.2, -0.15) is 4.31 Å². The van der Waals surface area contributed by atoms with E-state index in [1.807, 2.05) is 6.07 Å². The molecule has 5 heteroatoms. The maximum absolute atomic E-state index is 13.1. The van der Waals surface area contributed by atoms with Gasteiger partial charge in [-0.15, -0.1) is 0 Å². The number of sulfonamides is 1. The van der Waals surface area contributed by atoms with Gasteiger partial charge >= 0.3 is 0 Å². The highest BCUT2D eigenvalue weighted by molar-refractivity contribution is 7.89.